The van der Waals surface area contributed by atoms with Crippen molar-refractivity contribution in [3.8, 4) is 0 Å². The summed E-state index contributed by atoms with van der Waals surface area (Å²) in [6, 6.07) is 9.49. The molecule has 0 amide bonds. The van der Waals surface area contributed by atoms with E-state index < -0.39 is 0 Å². The molecule has 0 aromatic heterocycles. The summed E-state index contributed by atoms with van der Waals surface area (Å²) in [6.07, 6.45) is 5.63. The van der Waals surface area contributed by atoms with Gasteiger partial charge in [-0.25, -0.2) is 0 Å². The number of nitrogens with one attached hydrogen (secondary N) is 1. The van der Waals surface area contributed by atoms with E-state index in [-0.39, 0.29) is 0 Å². The first-order chi connectivity index (χ1) is 9.29. The van der Waals surface area contributed by atoms with Crippen LogP contribution in [0, 0.1) is 5.92 Å². The van der Waals surface area contributed by atoms with Crippen LogP contribution in [0.4, 0.5) is 0 Å². The highest BCUT2D eigenvalue weighted by molar-refractivity contribution is 5.30. The van der Waals surface area contributed by atoms with Crippen LogP contribution in [-0.2, 0) is 4.74 Å². The van der Waals surface area contributed by atoms with Crippen molar-refractivity contribution in [3.63, 3.8) is 0 Å². The van der Waals surface area contributed by atoms with E-state index in [0.29, 0.717) is 18.1 Å². The lowest BCUT2D eigenvalue weighted by Gasteiger charge is -2.29. The van der Waals surface area contributed by atoms with Crippen molar-refractivity contribution in [1.82, 2.24) is 5.32 Å². The van der Waals surface area contributed by atoms with Crippen LogP contribution in [0.25, 0.3) is 0 Å². The molecule has 1 aliphatic heterocycles. The third-order valence-electron chi connectivity index (χ3n) is 4.93. The average Bonchev–Trinajstić information content (AvgIpc) is 2.75. The molecule has 104 valence electrons. The summed E-state index contributed by atoms with van der Waals surface area (Å²) in [5, 5.41) is 3.47. The van der Waals surface area contributed by atoms with Gasteiger partial charge in [-0.2, -0.15) is 0 Å². The Morgan fingerprint density at radius 3 is 2.68 bits per heavy atom. The molecule has 2 nitrogen and oxygen atoms in total. The highest BCUT2D eigenvalue weighted by atomic mass is 16.5. The summed E-state index contributed by atoms with van der Waals surface area (Å²) in [7, 11) is 2.05. The third-order valence-corrected chi connectivity index (χ3v) is 4.93. The molecule has 1 aromatic rings. The van der Waals surface area contributed by atoms with Crippen molar-refractivity contribution < 1.29 is 4.74 Å². The first-order valence-corrected chi connectivity index (χ1v) is 7.68. The highest BCUT2D eigenvalue weighted by Gasteiger charge is 2.32. The molecule has 3 unspecified atom stereocenters. The zero-order chi connectivity index (χ0) is 13.2. The molecule has 2 heteroatoms. The van der Waals surface area contributed by atoms with Crippen molar-refractivity contribution in [2.24, 2.45) is 5.92 Å². The summed E-state index contributed by atoms with van der Waals surface area (Å²) < 4.78 is 5.95. The zero-order valence-electron chi connectivity index (χ0n) is 12.1. The number of benzene rings is 1. The van der Waals surface area contributed by atoms with E-state index >= 15 is 0 Å². The number of ether oxygens (including phenoxy) is 1. The lowest BCUT2D eigenvalue weighted by Crippen LogP contribution is -2.32. The molecular formula is C17H25NO. The number of likely N-dealkylation sites (N-methyl/N-ethyl adjacent to an activating group) is 1. The molecule has 1 N–H and O–H groups in total. The van der Waals surface area contributed by atoms with Crippen molar-refractivity contribution >= 4 is 0 Å². The molecule has 1 aliphatic carbocycles. The van der Waals surface area contributed by atoms with Crippen molar-refractivity contribution in [2.45, 2.75) is 50.7 Å². The van der Waals surface area contributed by atoms with Gasteiger partial charge in [0.05, 0.1) is 12.1 Å². The Morgan fingerprint density at radius 1 is 1.26 bits per heavy atom. The van der Waals surface area contributed by atoms with E-state index in [0.717, 1.165) is 12.5 Å². The molecule has 2 aliphatic rings. The summed E-state index contributed by atoms with van der Waals surface area (Å²) in [4.78, 5) is 0. The maximum atomic E-state index is 5.95. The zero-order valence-corrected chi connectivity index (χ0v) is 12.1. The van der Waals surface area contributed by atoms with E-state index in [1.165, 1.54) is 36.8 Å². The van der Waals surface area contributed by atoms with Crippen LogP contribution >= 0.6 is 0 Å². The van der Waals surface area contributed by atoms with Gasteiger partial charge in [-0.15, -0.1) is 0 Å². The fourth-order valence-electron chi connectivity index (χ4n) is 3.41. The molecular weight excluding hydrogens is 234 g/mol. The van der Waals surface area contributed by atoms with Crippen LogP contribution in [-0.4, -0.2) is 19.8 Å². The highest BCUT2D eigenvalue weighted by Crippen LogP contribution is 2.38. The van der Waals surface area contributed by atoms with Crippen LogP contribution in [0.1, 0.15) is 55.7 Å². The van der Waals surface area contributed by atoms with Crippen LogP contribution in [0.3, 0.4) is 0 Å². The van der Waals surface area contributed by atoms with Crippen LogP contribution in [0.15, 0.2) is 24.3 Å². The molecule has 0 bridgehead atoms. The molecule has 0 spiro atoms. The summed E-state index contributed by atoms with van der Waals surface area (Å²) in [5.74, 6) is 1.45. The molecule has 0 radical (unpaired) electrons. The fourth-order valence-corrected chi connectivity index (χ4v) is 3.41. The van der Waals surface area contributed by atoms with Gasteiger partial charge >= 0.3 is 0 Å². The van der Waals surface area contributed by atoms with E-state index in [1.807, 2.05) is 0 Å². The van der Waals surface area contributed by atoms with E-state index in [4.69, 9.17) is 4.74 Å². The van der Waals surface area contributed by atoms with Crippen molar-refractivity contribution in [3.05, 3.63) is 35.4 Å². The maximum Gasteiger partial charge on any atom is 0.0795 e. The Kier molecular flexibility index (Phi) is 3.90. The first-order valence-electron chi connectivity index (χ1n) is 7.68. The van der Waals surface area contributed by atoms with E-state index in [2.05, 4.69) is 43.6 Å². The summed E-state index contributed by atoms with van der Waals surface area (Å²) >= 11 is 0. The van der Waals surface area contributed by atoms with Gasteiger partial charge in [0, 0.05) is 6.61 Å². The number of hydrogen-bond donors (Lipinski definition) is 1. The fraction of sp³-hybridized carbons (Fsp3) is 0.647. The molecule has 1 saturated carbocycles. The molecule has 3 rings (SSSR count). The second kappa shape index (κ2) is 5.64. The minimum atomic E-state index is 0.321. The number of rotatable bonds is 4. The lowest BCUT2D eigenvalue weighted by atomic mass is 9.79. The Balaban J connectivity index is 1.82. The van der Waals surface area contributed by atoms with Gasteiger partial charge < -0.3 is 10.1 Å². The van der Waals surface area contributed by atoms with Gasteiger partial charge in [0.2, 0.25) is 0 Å². The molecule has 1 aromatic carbocycles. The van der Waals surface area contributed by atoms with Crippen LogP contribution in [0.2, 0.25) is 0 Å². The molecule has 19 heavy (non-hydrogen) atoms. The van der Waals surface area contributed by atoms with Gasteiger partial charge in [0.25, 0.3) is 0 Å². The predicted molar refractivity (Wildman–Crippen MR) is 78.4 cm³/mol. The van der Waals surface area contributed by atoms with E-state index in [9.17, 15) is 0 Å². The van der Waals surface area contributed by atoms with Gasteiger partial charge in [-0.05, 0) is 49.3 Å². The smallest absolute Gasteiger partial charge is 0.0795 e. The summed E-state index contributed by atoms with van der Waals surface area (Å²) in [5.41, 5.74) is 2.92. The first kappa shape index (κ1) is 13.1. The standard InChI is InChI=1S/C17H25NO/c1-12-9-10-19-17(12)16(18-2)15-8-4-7-14(11-15)13-5-3-6-13/h4,7-8,11-13,16-18H,3,5-6,9-10H2,1-2H3. The largest absolute Gasteiger partial charge is 0.376 e. The Hall–Kier alpha value is -0.860. The van der Waals surface area contributed by atoms with Crippen molar-refractivity contribution in [2.75, 3.05) is 13.7 Å². The topological polar surface area (TPSA) is 21.3 Å². The summed E-state index contributed by atoms with van der Waals surface area (Å²) in [6.45, 7) is 3.21. The van der Waals surface area contributed by atoms with Gasteiger partial charge in [-0.3, -0.25) is 0 Å². The second-order valence-corrected chi connectivity index (χ2v) is 6.17. The monoisotopic (exact) mass is 259 g/mol. The quantitative estimate of drug-likeness (QED) is 0.891. The minimum Gasteiger partial charge on any atom is -0.376 e. The predicted octanol–water partition coefficient (Wildman–Crippen LogP) is 3.64. The van der Waals surface area contributed by atoms with Gasteiger partial charge in [-0.1, -0.05) is 37.6 Å². The lowest BCUT2D eigenvalue weighted by molar-refractivity contribution is 0.0631. The molecule has 1 saturated heterocycles. The van der Waals surface area contributed by atoms with Crippen molar-refractivity contribution in [1.29, 1.82) is 0 Å². The Bertz CT molecular complexity index is 427. The average molecular weight is 259 g/mol. The molecule has 3 atom stereocenters. The SMILES string of the molecule is CNC(c1cccc(C2CCC2)c1)C1OCCC1C. The normalized spacial score (nSPS) is 29.2. The Morgan fingerprint density at radius 2 is 2.11 bits per heavy atom. The minimum absolute atomic E-state index is 0.321. The second-order valence-electron chi connectivity index (χ2n) is 6.17. The van der Waals surface area contributed by atoms with Gasteiger partial charge in [0.1, 0.15) is 0 Å². The molecule has 2 fully saturated rings. The van der Waals surface area contributed by atoms with Crippen LogP contribution in [0.5, 0.6) is 0 Å². The number of hydrogen-bond acceptors (Lipinski definition) is 2. The molecule has 1 heterocycles. The van der Waals surface area contributed by atoms with Crippen LogP contribution < -0.4 is 5.32 Å². The maximum absolute atomic E-state index is 5.95. The van der Waals surface area contributed by atoms with Gasteiger partial charge in [0.15, 0.2) is 0 Å². The third kappa shape index (κ3) is 2.56. The van der Waals surface area contributed by atoms with E-state index in [1.54, 1.807) is 0 Å². The Labute approximate surface area is 116 Å².